The van der Waals surface area contributed by atoms with E-state index in [-0.39, 0.29) is 5.91 Å². The normalized spacial score (nSPS) is 17.1. The molecule has 1 aliphatic heterocycles. The van der Waals surface area contributed by atoms with Crippen molar-refractivity contribution in [3.63, 3.8) is 0 Å². The molecule has 4 rings (SSSR count). The lowest BCUT2D eigenvalue weighted by atomic mass is 10.1. The van der Waals surface area contributed by atoms with Gasteiger partial charge in [-0.1, -0.05) is 13.0 Å². The fourth-order valence-electron chi connectivity index (χ4n) is 4.01. The smallest absolute Gasteiger partial charge is 0.289 e. The van der Waals surface area contributed by atoms with Crippen molar-refractivity contribution in [2.24, 2.45) is 0 Å². The summed E-state index contributed by atoms with van der Waals surface area (Å²) in [5, 5.41) is 0. The van der Waals surface area contributed by atoms with Crippen LogP contribution in [0, 0.1) is 0 Å². The van der Waals surface area contributed by atoms with Gasteiger partial charge in [-0.25, -0.2) is 0 Å². The molecule has 1 aromatic heterocycles. The van der Waals surface area contributed by atoms with Crippen LogP contribution in [0.5, 0.6) is 5.75 Å². The van der Waals surface area contributed by atoms with Gasteiger partial charge in [0.25, 0.3) is 5.91 Å². The maximum Gasteiger partial charge on any atom is 0.289 e. The quantitative estimate of drug-likeness (QED) is 0.783. The number of amides is 1. The summed E-state index contributed by atoms with van der Waals surface area (Å²) in [6.07, 6.45) is 4.69. The summed E-state index contributed by atoms with van der Waals surface area (Å²) >= 11 is 0. The molecule has 0 spiro atoms. The molecule has 0 unspecified atom stereocenters. The maximum atomic E-state index is 12.7. The Bertz CT molecular complexity index is 791. The largest absolute Gasteiger partial charge is 0.486 e. The molecule has 5 nitrogen and oxygen atoms in total. The lowest BCUT2D eigenvalue weighted by Gasteiger charge is -2.34. The second-order valence-electron chi connectivity index (χ2n) is 7.47. The first kappa shape index (κ1) is 18.1. The highest BCUT2D eigenvalue weighted by Gasteiger charge is 2.24. The summed E-state index contributed by atoms with van der Waals surface area (Å²) in [6, 6.07) is 9.92. The van der Waals surface area contributed by atoms with E-state index in [0.29, 0.717) is 18.1 Å². The average Bonchev–Trinajstić information content (AvgIpc) is 3.35. The molecule has 0 N–H and O–H groups in total. The van der Waals surface area contributed by atoms with Crippen molar-refractivity contribution < 1.29 is 13.9 Å². The number of piperazine rings is 1. The molecular formula is C22H28N2O3. The lowest BCUT2D eigenvalue weighted by Crippen LogP contribution is -2.48. The number of fused-ring (bicyclic) bond motifs is 1. The molecule has 1 fully saturated rings. The van der Waals surface area contributed by atoms with Crippen LogP contribution in [0.2, 0.25) is 0 Å². The van der Waals surface area contributed by atoms with Gasteiger partial charge < -0.3 is 14.1 Å². The van der Waals surface area contributed by atoms with E-state index in [1.54, 1.807) is 6.07 Å². The molecule has 5 heteroatoms. The monoisotopic (exact) mass is 368 g/mol. The van der Waals surface area contributed by atoms with Crippen molar-refractivity contribution in [1.82, 2.24) is 9.80 Å². The van der Waals surface area contributed by atoms with Gasteiger partial charge in [-0.15, -0.1) is 0 Å². The first-order chi connectivity index (χ1) is 13.2. The Kier molecular flexibility index (Phi) is 5.48. The fraction of sp³-hybridized carbons (Fsp3) is 0.500. The Morgan fingerprint density at radius 3 is 2.70 bits per heavy atom. The second kappa shape index (κ2) is 8.17. The number of ether oxygens (including phenoxy) is 1. The zero-order valence-corrected chi connectivity index (χ0v) is 16.1. The average molecular weight is 368 g/mol. The van der Waals surface area contributed by atoms with Crippen LogP contribution in [0.1, 0.15) is 47.2 Å². The molecule has 0 radical (unpaired) electrons. The predicted molar refractivity (Wildman–Crippen MR) is 104 cm³/mol. The third-order valence-corrected chi connectivity index (χ3v) is 5.52. The number of benzene rings is 1. The van der Waals surface area contributed by atoms with E-state index in [1.165, 1.54) is 24.0 Å². The van der Waals surface area contributed by atoms with E-state index >= 15 is 0 Å². The van der Waals surface area contributed by atoms with Crippen molar-refractivity contribution in [1.29, 1.82) is 0 Å². The number of hydrogen-bond donors (Lipinski definition) is 0. The van der Waals surface area contributed by atoms with Crippen LogP contribution < -0.4 is 4.74 Å². The number of carbonyl (C=O) groups is 1. The molecule has 2 aromatic rings. The Balaban J connectivity index is 1.31. The van der Waals surface area contributed by atoms with Gasteiger partial charge in [-0.2, -0.15) is 0 Å². The van der Waals surface area contributed by atoms with Crippen molar-refractivity contribution in [2.75, 3.05) is 32.7 Å². The summed E-state index contributed by atoms with van der Waals surface area (Å²) in [6.45, 7) is 7.04. The molecule has 1 amide bonds. The number of aryl methyl sites for hydroxylation is 2. The molecule has 0 saturated carbocycles. The Labute approximate surface area is 160 Å². The van der Waals surface area contributed by atoms with Gasteiger partial charge in [-0.3, -0.25) is 9.69 Å². The predicted octanol–water partition coefficient (Wildman–Crippen LogP) is 3.52. The minimum absolute atomic E-state index is 0.0186. The molecule has 0 bridgehead atoms. The molecule has 1 aromatic carbocycles. The van der Waals surface area contributed by atoms with Crippen LogP contribution in [0.4, 0.5) is 0 Å². The van der Waals surface area contributed by atoms with Crippen LogP contribution >= 0.6 is 0 Å². The van der Waals surface area contributed by atoms with Gasteiger partial charge in [0.2, 0.25) is 0 Å². The van der Waals surface area contributed by atoms with Gasteiger partial charge in [-0.05, 0) is 67.6 Å². The van der Waals surface area contributed by atoms with E-state index in [9.17, 15) is 4.79 Å². The van der Waals surface area contributed by atoms with Crippen LogP contribution in [0.25, 0.3) is 0 Å². The summed E-state index contributed by atoms with van der Waals surface area (Å²) in [4.78, 5) is 16.9. The summed E-state index contributed by atoms with van der Waals surface area (Å²) < 4.78 is 11.6. The molecule has 144 valence electrons. The van der Waals surface area contributed by atoms with Crippen molar-refractivity contribution in [3.05, 3.63) is 53.0 Å². The lowest BCUT2D eigenvalue weighted by molar-refractivity contribution is 0.0603. The van der Waals surface area contributed by atoms with Gasteiger partial charge in [0.15, 0.2) is 5.76 Å². The van der Waals surface area contributed by atoms with Gasteiger partial charge in [0.05, 0.1) is 0 Å². The Morgan fingerprint density at radius 2 is 1.89 bits per heavy atom. The molecule has 2 heterocycles. The summed E-state index contributed by atoms with van der Waals surface area (Å²) in [5.74, 6) is 1.94. The first-order valence-electron chi connectivity index (χ1n) is 10.1. The van der Waals surface area contributed by atoms with Crippen LogP contribution in [0.3, 0.4) is 0 Å². The maximum absolute atomic E-state index is 12.7. The zero-order valence-electron chi connectivity index (χ0n) is 16.1. The third-order valence-electron chi connectivity index (χ3n) is 5.52. The van der Waals surface area contributed by atoms with E-state index in [1.807, 2.05) is 17.0 Å². The number of carbonyl (C=O) groups excluding carboxylic acids is 1. The highest BCUT2D eigenvalue weighted by atomic mass is 16.5. The van der Waals surface area contributed by atoms with Crippen molar-refractivity contribution in [2.45, 2.75) is 39.2 Å². The number of furan rings is 1. The number of nitrogens with zero attached hydrogens (tertiary/aromatic N) is 2. The number of hydrogen-bond acceptors (Lipinski definition) is 4. The van der Waals surface area contributed by atoms with Crippen LogP contribution in [-0.2, 0) is 19.4 Å². The molecule has 2 aliphatic rings. The van der Waals surface area contributed by atoms with Gasteiger partial charge in [0, 0.05) is 26.2 Å². The third kappa shape index (κ3) is 4.19. The number of rotatable bonds is 6. The van der Waals surface area contributed by atoms with E-state index in [2.05, 4.69) is 24.0 Å². The Morgan fingerprint density at radius 1 is 1.07 bits per heavy atom. The summed E-state index contributed by atoms with van der Waals surface area (Å²) in [5.41, 5.74) is 2.83. The molecule has 0 atom stereocenters. The molecule has 27 heavy (non-hydrogen) atoms. The molecule has 1 aliphatic carbocycles. The van der Waals surface area contributed by atoms with E-state index in [0.717, 1.165) is 51.3 Å². The Hall–Kier alpha value is -2.27. The standard InChI is InChI=1S/C22H28N2O3/c1-2-10-23-11-13-24(14-12-23)22(25)21-9-8-20(27-21)16-26-19-7-6-17-4-3-5-18(17)15-19/h6-9,15H,2-5,10-14,16H2,1H3. The second-order valence-corrected chi connectivity index (χ2v) is 7.47. The fourth-order valence-corrected chi connectivity index (χ4v) is 4.01. The zero-order chi connectivity index (χ0) is 18.6. The van der Waals surface area contributed by atoms with Crippen molar-refractivity contribution in [3.8, 4) is 5.75 Å². The first-order valence-corrected chi connectivity index (χ1v) is 10.1. The van der Waals surface area contributed by atoms with E-state index < -0.39 is 0 Å². The van der Waals surface area contributed by atoms with Crippen LogP contribution in [-0.4, -0.2) is 48.4 Å². The summed E-state index contributed by atoms with van der Waals surface area (Å²) in [7, 11) is 0. The van der Waals surface area contributed by atoms with Crippen LogP contribution in [0.15, 0.2) is 34.7 Å². The minimum atomic E-state index is -0.0186. The highest BCUT2D eigenvalue weighted by Crippen LogP contribution is 2.26. The SMILES string of the molecule is CCCN1CCN(C(=O)c2ccc(COc3ccc4c(c3)CCC4)o2)CC1. The molecular weight excluding hydrogens is 340 g/mol. The van der Waals surface area contributed by atoms with Crippen molar-refractivity contribution >= 4 is 5.91 Å². The van der Waals surface area contributed by atoms with Gasteiger partial charge in [0.1, 0.15) is 18.1 Å². The van der Waals surface area contributed by atoms with E-state index in [4.69, 9.17) is 9.15 Å². The minimum Gasteiger partial charge on any atom is -0.486 e. The molecule has 1 saturated heterocycles. The van der Waals surface area contributed by atoms with Gasteiger partial charge >= 0.3 is 0 Å². The topological polar surface area (TPSA) is 45.9 Å². The highest BCUT2D eigenvalue weighted by molar-refractivity contribution is 5.91.